The third-order valence-corrected chi connectivity index (χ3v) is 8.18. The topological polar surface area (TPSA) is 130 Å². The molecule has 2 aliphatic rings. The summed E-state index contributed by atoms with van der Waals surface area (Å²) in [5.74, 6) is -0.753. The SMILES string of the molecule is CCCCOC[C@H]1O[C@H](OC)[C@H](OCCCC)[C@@H](OCCCC)[C@@H]1O[C@@H]1O[C@H](C(=O)OCc2ccccc2)[C@@H](O)[C@H](OC)[C@H]1OC. The van der Waals surface area contributed by atoms with Gasteiger partial charge < -0.3 is 52.5 Å². The van der Waals surface area contributed by atoms with Crippen molar-refractivity contribution in [2.75, 3.05) is 47.8 Å². The quantitative estimate of drug-likeness (QED) is 0.153. The molecule has 0 amide bonds. The van der Waals surface area contributed by atoms with E-state index >= 15 is 0 Å². The van der Waals surface area contributed by atoms with Crippen molar-refractivity contribution in [2.45, 2.75) is 127 Å². The molecule has 0 aliphatic carbocycles. The monoisotopic (exact) mass is 656 g/mol. The van der Waals surface area contributed by atoms with E-state index in [1.807, 2.05) is 30.3 Å². The highest BCUT2D eigenvalue weighted by Crippen LogP contribution is 2.34. The summed E-state index contributed by atoms with van der Waals surface area (Å²) in [7, 11) is 4.47. The van der Waals surface area contributed by atoms with Gasteiger partial charge >= 0.3 is 5.97 Å². The lowest BCUT2D eigenvalue weighted by molar-refractivity contribution is -0.364. The number of carbonyl (C=O) groups is 1. The van der Waals surface area contributed by atoms with E-state index in [4.69, 9.17) is 47.4 Å². The summed E-state index contributed by atoms with van der Waals surface area (Å²) in [6, 6.07) is 9.26. The molecular weight excluding hydrogens is 600 g/mol. The predicted octanol–water partition coefficient (Wildman–Crippen LogP) is 3.79. The van der Waals surface area contributed by atoms with Crippen LogP contribution in [0.2, 0.25) is 0 Å². The molecule has 1 aromatic carbocycles. The summed E-state index contributed by atoms with van der Waals surface area (Å²) < 4.78 is 60.8. The summed E-state index contributed by atoms with van der Waals surface area (Å²) in [5.41, 5.74) is 0.797. The Balaban J connectivity index is 1.91. The molecule has 10 atom stereocenters. The Hall–Kier alpha value is -1.71. The molecule has 2 aliphatic heterocycles. The molecule has 1 N–H and O–H groups in total. The van der Waals surface area contributed by atoms with Gasteiger partial charge in [0.25, 0.3) is 0 Å². The van der Waals surface area contributed by atoms with Crippen LogP contribution < -0.4 is 0 Å². The van der Waals surface area contributed by atoms with Gasteiger partial charge in [0.1, 0.15) is 49.3 Å². The standard InChI is InChI=1S/C34H56O12/c1-7-10-18-40-22-24-26(29(41-19-11-8-2)31(33(39-6)44-24)42-20-12-9-3)45-34-30(38-5)27(37-4)25(35)28(46-34)32(36)43-21-23-16-14-13-15-17-23/h13-17,24-31,33-35H,7-12,18-22H2,1-6H3/t24-,25+,26-,27+,28+,29+,30-,31-,33+,34-/m1/s1. The van der Waals surface area contributed by atoms with Crippen LogP contribution in [0.15, 0.2) is 30.3 Å². The second kappa shape index (κ2) is 21.3. The van der Waals surface area contributed by atoms with Crippen molar-refractivity contribution >= 4 is 5.97 Å². The van der Waals surface area contributed by atoms with Gasteiger partial charge in [-0.25, -0.2) is 4.79 Å². The van der Waals surface area contributed by atoms with Crippen molar-refractivity contribution < 1.29 is 57.3 Å². The Morgan fingerprint density at radius 3 is 1.98 bits per heavy atom. The van der Waals surface area contributed by atoms with Crippen LogP contribution in [0.3, 0.4) is 0 Å². The molecule has 0 saturated carbocycles. The zero-order valence-electron chi connectivity index (χ0n) is 28.4. The summed E-state index contributed by atoms with van der Waals surface area (Å²) in [6.07, 6.45) is -3.82. The summed E-state index contributed by atoms with van der Waals surface area (Å²) in [4.78, 5) is 13.3. The number of hydrogen-bond acceptors (Lipinski definition) is 12. The Bertz CT molecular complexity index is 951. The van der Waals surface area contributed by atoms with Crippen molar-refractivity contribution in [1.82, 2.24) is 0 Å². The third-order valence-electron chi connectivity index (χ3n) is 8.18. The van der Waals surface area contributed by atoms with Gasteiger partial charge in [-0.15, -0.1) is 0 Å². The summed E-state index contributed by atoms with van der Waals surface area (Å²) in [5, 5.41) is 11.2. The fraction of sp³-hybridized carbons (Fsp3) is 0.794. The van der Waals surface area contributed by atoms with Gasteiger partial charge in [0.15, 0.2) is 18.7 Å². The maximum atomic E-state index is 13.3. The Morgan fingerprint density at radius 1 is 0.739 bits per heavy atom. The molecular formula is C34H56O12. The van der Waals surface area contributed by atoms with Crippen LogP contribution in [-0.4, -0.2) is 120 Å². The van der Waals surface area contributed by atoms with Crippen molar-refractivity contribution in [3.05, 3.63) is 35.9 Å². The van der Waals surface area contributed by atoms with Gasteiger partial charge in [-0.05, 0) is 24.8 Å². The normalized spacial score (nSPS) is 31.5. The second-order valence-electron chi connectivity index (χ2n) is 11.6. The van der Waals surface area contributed by atoms with Crippen LogP contribution in [-0.2, 0) is 58.8 Å². The number of aliphatic hydroxyl groups is 1. The molecule has 0 unspecified atom stereocenters. The lowest BCUT2D eigenvalue weighted by Gasteiger charge is -2.48. The van der Waals surface area contributed by atoms with Crippen LogP contribution in [0.5, 0.6) is 0 Å². The predicted molar refractivity (Wildman–Crippen MR) is 168 cm³/mol. The zero-order chi connectivity index (χ0) is 33.3. The number of hydrogen-bond donors (Lipinski definition) is 1. The van der Waals surface area contributed by atoms with E-state index in [0.29, 0.717) is 19.8 Å². The van der Waals surface area contributed by atoms with Crippen LogP contribution in [0, 0.1) is 0 Å². The molecule has 46 heavy (non-hydrogen) atoms. The van der Waals surface area contributed by atoms with E-state index < -0.39 is 67.4 Å². The van der Waals surface area contributed by atoms with Crippen LogP contribution in [0.1, 0.15) is 64.9 Å². The van der Waals surface area contributed by atoms with E-state index in [2.05, 4.69) is 20.8 Å². The molecule has 0 bridgehead atoms. The number of unbranched alkanes of at least 4 members (excludes halogenated alkanes) is 3. The molecule has 3 rings (SSSR count). The van der Waals surface area contributed by atoms with Crippen molar-refractivity contribution in [1.29, 1.82) is 0 Å². The molecule has 2 fully saturated rings. The number of carbonyl (C=O) groups excluding carboxylic acids is 1. The average molecular weight is 657 g/mol. The van der Waals surface area contributed by atoms with Crippen LogP contribution in [0.4, 0.5) is 0 Å². The average Bonchev–Trinajstić information content (AvgIpc) is 3.07. The van der Waals surface area contributed by atoms with Gasteiger partial charge in [-0.2, -0.15) is 0 Å². The van der Waals surface area contributed by atoms with Gasteiger partial charge in [0.05, 0.1) is 6.61 Å². The fourth-order valence-electron chi connectivity index (χ4n) is 5.52. The van der Waals surface area contributed by atoms with E-state index in [-0.39, 0.29) is 13.2 Å². The minimum atomic E-state index is -1.41. The molecule has 264 valence electrons. The molecule has 12 nitrogen and oxygen atoms in total. The maximum Gasteiger partial charge on any atom is 0.338 e. The zero-order valence-corrected chi connectivity index (χ0v) is 28.4. The lowest BCUT2D eigenvalue weighted by Crippen LogP contribution is -2.66. The minimum Gasteiger partial charge on any atom is -0.459 e. The molecule has 2 heterocycles. The number of rotatable bonds is 21. The largest absolute Gasteiger partial charge is 0.459 e. The first-order valence-electron chi connectivity index (χ1n) is 16.7. The fourth-order valence-corrected chi connectivity index (χ4v) is 5.52. The number of ether oxygens (including phenoxy) is 10. The van der Waals surface area contributed by atoms with Crippen molar-refractivity contribution in [3.63, 3.8) is 0 Å². The second-order valence-corrected chi connectivity index (χ2v) is 11.6. The molecule has 2 saturated heterocycles. The van der Waals surface area contributed by atoms with Gasteiger partial charge in [-0.1, -0.05) is 70.4 Å². The van der Waals surface area contributed by atoms with Crippen molar-refractivity contribution in [2.24, 2.45) is 0 Å². The van der Waals surface area contributed by atoms with E-state index in [1.54, 1.807) is 7.11 Å². The van der Waals surface area contributed by atoms with E-state index in [9.17, 15) is 9.90 Å². The molecule has 1 aromatic rings. The highest BCUT2D eigenvalue weighted by atomic mass is 16.8. The summed E-state index contributed by atoms with van der Waals surface area (Å²) in [6.45, 7) is 7.97. The van der Waals surface area contributed by atoms with E-state index in [1.165, 1.54) is 14.2 Å². The summed E-state index contributed by atoms with van der Waals surface area (Å²) >= 11 is 0. The van der Waals surface area contributed by atoms with Gasteiger partial charge in [0.2, 0.25) is 0 Å². The number of aliphatic hydroxyl groups excluding tert-OH is 1. The maximum absolute atomic E-state index is 13.3. The van der Waals surface area contributed by atoms with Gasteiger partial charge in [0, 0.05) is 41.2 Å². The Labute approximate surface area is 274 Å². The molecule has 0 aromatic heterocycles. The molecule has 0 spiro atoms. The third kappa shape index (κ3) is 10.9. The Morgan fingerprint density at radius 2 is 1.37 bits per heavy atom. The highest BCUT2D eigenvalue weighted by molar-refractivity contribution is 5.75. The van der Waals surface area contributed by atoms with Crippen LogP contribution >= 0.6 is 0 Å². The number of benzene rings is 1. The van der Waals surface area contributed by atoms with Crippen LogP contribution in [0.25, 0.3) is 0 Å². The molecule has 0 radical (unpaired) electrons. The first kappa shape index (κ1) is 38.7. The van der Waals surface area contributed by atoms with Crippen molar-refractivity contribution in [3.8, 4) is 0 Å². The smallest absolute Gasteiger partial charge is 0.338 e. The number of esters is 1. The minimum absolute atomic E-state index is 0.0132. The van der Waals surface area contributed by atoms with E-state index in [0.717, 1.165) is 44.1 Å². The number of methoxy groups -OCH3 is 3. The first-order valence-corrected chi connectivity index (χ1v) is 16.7. The molecule has 12 heteroatoms. The highest BCUT2D eigenvalue weighted by Gasteiger charge is 2.54. The van der Waals surface area contributed by atoms with Gasteiger partial charge in [-0.3, -0.25) is 0 Å². The Kier molecular flexibility index (Phi) is 17.9. The first-order chi connectivity index (χ1) is 22.4. The lowest BCUT2D eigenvalue weighted by atomic mass is 9.96.